The SMILES string of the molecule is CCC(C)OC(=O)/C=C/C=C(\C)CC/C=C/C=C/C[C@H](C)[C@@H](C)[C@@H](CCC(C)=O)C(=O)N[C@H](C(=O)N[C@@H](Cc1cc(O)cc(F)c1)C(=O)N1CCCC(C(=O)O)N1)C(C)C. The van der Waals surface area contributed by atoms with Crippen LogP contribution in [0.15, 0.2) is 66.3 Å². The zero-order valence-corrected chi connectivity index (χ0v) is 36.5. The number of phenolic OH excluding ortho intramolecular Hbond substituents is 1. The van der Waals surface area contributed by atoms with E-state index in [9.17, 15) is 43.4 Å². The van der Waals surface area contributed by atoms with Gasteiger partial charge in [-0.15, -0.1) is 0 Å². The average Bonchev–Trinajstić information content (AvgIpc) is 3.18. The lowest BCUT2D eigenvalue weighted by Crippen LogP contribution is -2.62. The van der Waals surface area contributed by atoms with Crippen LogP contribution in [0.2, 0.25) is 0 Å². The van der Waals surface area contributed by atoms with Gasteiger partial charge in [-0.25, -0.2) is 14.6 Å². The van der Waals surface area contributed by atoms with Crippen LogP contribution in [0.3, 0.4) is 0 Å². The normalized spacial score (nSPS) is 17.9. The molecule has 0 spiro atoms. The van der Waals surface area contributed by atoms with Crippen LogP contribution in [-0.4, -0.2) is 81.4 Å². The third kappa shape index (κ3) is 18.4. The van der Waals surface area contributed by atoms with Gasteiger partial charge < -0.3 is 30.4 Å². The number of hydrogen-bond acceptors (Lipinski definition) is 9. The highest BCUT2D eigenvalue weighted by molar-refractivity contribution is 5.93. The van der Waals surface area contributed by atoms with Crippen molar-refractivity contribution in [3.05, 3.63) is 77.7 Å². The number of hydrazine groups is 1. The number of halogens is 1. The molecule has 60 heavy (non-hydrogen) atoms. The molecule has 3 amide bonds. The average molecular weight is 839 g/mol. The van der Waals surface area contributed by atoms with Gasteiger partial charge in [0.15, 0.2) is 0 Å². The molecule has 1 aliphatic rings. The number of carbonyl (C=O) groups is 6. The molecule has 0 bridgehead atoms. The minimum atomic E-state index is -1.31. The fraction of sp³-hybridized carbons (Fsp3) is 0.565. The second-order valence-electron chi connectivity index (χ2n) is 16.3. The second kappa shape index (κ2) is 26.2. The molecule has 7 atom stereocenters. The van der Waals surface area contributed by atoms with E-state index in [0.29, 0.717) is 19.3 Å². The van der Waals surface area contributed by atoms with Gasteiger partial charge in [-0.3, -0.25) is 24.2 Å². The van der Waals surface area contributed by atoms with E-state index in [4.69, 9.17) is 4.74 Å². The number of Topliss-reactive ketones (excluding diaryl/α,β-unsaturated/α-hetero) is 1. The lowest BCUT2D eigenvalue weighted by Gasteiger charge is -2.35. The van der Waals surface area contributed by atoms with Crippen LogP contribution in [0.1, 0.15) is 112 Å². The van der Waals surface area contributed by atoms with Crippen LogP contribution in [0.25, 0.3) is 0 Å². The number of nitrogens with one attached hydrogen (secondary N) is 3. The maximum Gasteiger partial charge on any atom is 0.331 e. The number of amides is 3. The number of nitrogens with zero attached hydrogens (tertiary/aromatic N) is 1. The van der Waals surface area contributed by atoms with Gasteiger partial charge in [0, 0.05) is 37.4 Å². The summed E-state index contributed by atoms with van der Waals surface area (Å²) in [6.07, 6.45) is 16.9. The van der Waals surface area contributed by atoms with E-state index in [1.807, 2.05) is 58.9 Å². The molecule has 0 saturated carbocycles. The van der Waals surface area contributed by atoms with Crippen molar-refractivity contribution in [2.24, 2.45) is 23.7 Å². The Morgan fingerprint density at radius 3 is 2.30 bits per heavy atom. The highest BCUT2D eigenvalue weighted by Crippen LogP contribution is 2.28. The third-order valence-electron chi connectivity index (χ3n) is 10.8. The monoisotopic (exact) mass is 838 g/mol. The number of rotatable bonds is 24. The minimum Gasteiger partial charge on any atom is -0.508 e. The Morgan fingerprint density at radius 1 is 0.967 bits per heavy atom. The predicted octanol–water partition coefficient (Wildman–Crippen LogP) is 6.66. The van der Waals surface area contributed by atoms with Crippen molar-refractivity contribution >= 4 is 35.4 Å². The first-order valence-electron chi connectivity index (χ1n) is 21.1. The van der Waals surface area contributed by atoms with Crippen molar-refractivity contribution in [3.8, 4) is 5.75 Å². The summed E-state index contributed by atoms with van der Waals surface area (Å²) in [5.74, 6) is -5.60. The summed E-state index contributed by atoms with van der Waals surface area (Å²) in [4.78, 5) is 77.4. The van der Waals surface area contributed by atoms with Crippen LogP contribution < -0.4 is 16.1 Å². The summed E-state index contributed by atoms with van der Waals surface area (Å²) < 4.78 is 19.5. The fourth-order valence-electron chi connectivity index (χ4n) is 6.71. The standard InChI is InChI=1S/C46H67FN4O9/c1-9-33(7)60-41(54)21-15-18-30(4)17-13-11-10-12-14-19-31(5)34(8)38(23-22-32(6)52)43(55)49-42(29(2)3)44(56)48-40(27-35-25-36(47)28-37(53)26-35)45(57)51-24-16-20-39(50-51)46(58)59/h10-12,14-15,18,21,25-26,28-29,31,33-34,38-40,42,50,53H,9,13,16-17,19-20,22-24,27H2,1-8H3,(H,48,56)(H,49,55)(H,58,59)/b11-10+,14-12+,21-15+,30-18+/t31-,33?,34+,38+,39?,40-,42-/m0/s1. The molecule has 1 aromatic rings. The molecule has 332 valence electrons. The van der Waals surface area contributed by atoms with Crippen molar-refractivity contribution < 1.29 is 48.1 Å². The Balaban J connectivity index is 2.14. The predicted molar refractivity (Wildman–Crippen MR) is 229 cm³/mol. The number of benzene rings is 1. The quantitative estimate of drug-likeness (QED) is 0.0427. The zero-order chi connectivity index (χ0) is 44.9. The van der Waals surface area contributed by atoms with E-state index in [0.717, 1.165) is 42.0 Å². The number of aromatic hydroxyl groups is 1. The van der Waals surface area contributed by atoms with Crippen LogP contribution >= 0.6 is 0 Å². The molecule has 0 aromatic heterocycles. The molecule has 2 rings (SSSR count). The molecule has 13 nitrogen and oxygen atoms in total. The summed E-state index contributed by atoms with van der Waals surface area (Å²) in [6.45, 7) is 14.9. The van der Waals surface area contributed by atoms with Gasteiger partial charge in [0.05, 0.1) is 6.10 Å². The zero-order valence-electron chi connectivity index (χ0n) is 36.5. The van der Waals surface area contributed by atoms with Gasteiger partial charge in [-0.1, -0.05) is 76.6 Å². The Bertz CT molecular complexity index is 1720. The Kier molecular flexibility index (Phi) is 22.3. The third-order valence-corrected chi connectivity index (χ3v) is 10.8. The van der Waals surface area contributed by atoms with E-state index in [1.54, 1.807) is 19.9 Å². The Morgan fingerprint density at radius 2 is 1.67 bits per heavy atom. The van der Waals surface area contributed by atoms with Crippen LogP contribution in [0, 0.1) is 29.5 Å². The summed E-state index contributed by atoms with van der Waals surface area (Å²) in [5, 5.41) is 26.3. The Labute approximate surface area is 354 Å². The van der Waals surface area contributed by atoms with Crippen LogP contribution in [0.4, 0.5) is 4.39 Å². The Hall–Kier alpha value is -5.11. The fourth-order valence-corrected chi connectivity index (χ4v) is 6.71. The molecular weight excluding hydrogens is 772 g/mol. The maximum absolute atomic E-state index is 14.3. The largest absolute Gasteiger partial charge is 0.508 e. The van der Waals surface area contributed by atoms with Gasteiger partial charge in [-0.05, 0) is 101 Å². The summed E-state index contributed by atoms with van der Waals surface area (Å²) >= 11 is 0. The lowest BCUT2D eigenvalue weighted by atomic mass is 9.78. The molecule has 1 fully saturated rings. The molecule has 1 aliphatic heterocycles. The lowest BCUT2D eigenvalue weighted by molar-refractivity contribution is -0.149. The van der Waals surface area contributed by atoms with Crippen molar-refractivity contribution in [3.63, 3.8) is 0 Å². The molecule has 0 radical (unpaired) electrons. The van der Waals surface area contributed by atoms with E-state index in [2.05, 4.69) is 22.1 Å². The molecule has 1 aromatic carbocycles. The summed E-state index contributed by atoms with van der Waals surface area (Å²) in [7, 11) is 0. The first-order valence-corrected chi connectivity index (χ1v) is 21.1. The van der Waals surface area contributed by atoms with Crippen molar-refractivity contribution in [2.45, 2.75) is 137 Å². The molecular formula is C46H67FN4O9. The number of esters is 1. The topological polar surface area (TPSA) is 191 Å². The molecule has 0 aliphatic carbocycles. The number of aliphatic carboxylic acids is 1. The van der Waals surface area contributed by atoms with E-state index >= 15 is 0 Å². The number of carbonyl (C=O) groups excluding carboxylic acids is 5. The van der Waals surface area contributed by atoms with Crippen molar-refractivity contribution in [2.75, 3.05) is 6.54 Å². The van der Waals surface area contributed by atoms with Crippen LogP contribution in [-0.2, 0) is 39.9 Å². The van der Waals surface area contributed by atoms with Crippen molar-refractivity contribution in [1.29, 1.82) is 0 Å². The summed E-state index contributed by atoms with van der Waals surface area (Å²) in [5.41, 5.74) is 4.03. The molecule has 2 unspecified atom stereocenters. The first-order chi connectivity index (χ1) is 28.3. The van der Waals surface area contributed by atoms with E-state index in [-0.39, 0.29) is 66.8 Å². The number of ether oxygens (including phenoxy) is 1. The van der Waals surface area contributed by atoms with Gasteiger partial charge in [0.2, 0.25) is 11.8 Å². The number of ketones is 1. The minimum absolute atomic E-state index is 0.0315. The highest BCUT2D eigenvalue weighted by Gasteiger charge is 2.36. The van der Waals surface area contributed by atoms with Gasteiger partial charge in [-0.2, -0.15) is 0 Å². The highest BCUT2D eigenvalue weighted by atomic mass is 19.1. The van der Waals surface area contributed by atoms with Crippen molar-refractivity contribution in [1.82, 2.24) is 21.1 Å². The van der Waals surface area contributed by atoms with E-state index < -0.39 is 59.5 Å². The molecule has 14 heteroatoms. The van der Waals surface area contributed by atoms with Gasteiger partial charge in [0.1, 0.15) is 35.5 Å². The number of allylic oxidation sites excluding steroid dienone is 7. The summed E-state index contributed by atoms with van der Waals surface area (Å²) in [6, 6.07) is -0.113. The maximum atomic E-state index is 14.3. The van der Waals surface area contributed by atoms with Gasteiger partial charge in [0.25, 0.3) is 5.91 Å². The molecule has 1 saturated heterocycles. The molecule has 5 N–H and O–H groups in total. The van der Waals surface area contributed by atoms with Gasteiger partial charge >= 0.3 is 11.9 Å². The van der Waals surface area contributed by atoms with E-state index in [1.165, 1.54) is 19.1 Å². The smallest absolute Gasteiger partial charge is 0.331 e. The number of carboxylic acid groups (broad SMARTS) is 1. The number of carboxylic acids is 1. The number of phenols is 1. The molecule has 1 heterocycles. The second-order valence-corrected chi connectivity index (χ2v) is 16.3. The first kappa shape index (κ1) is 51.0. The van der Waals surface area contributed by atoms with Crippen LogP contribution in [0.5, 0.6) is 5.75 Å². The number of hydrogen-bond donors (Lipinski definition) is 5.